The third-order valence-electron chi connectivity index (χ3n) is 5.99. The maximum atomic E-state index is 11.8. The molecule has 0 bridgehead atoms. The van der Waals surface area contributed by atoms with Crippen LogP contribution >= 0.6 is 0 Å². The monoisotopic (exact) mass is 406 g/mol. The molecule has 0 amide bonds. The number of benzene rings is 3. The molecule has 0 spiro atoms. The Bertz CT molecular complexity index is 1020. The van der Waals surface area contributed by atoms with E-state index in [1.54, 1.807) is 0 Å². The summed E-state index contributed by atoms with van der Waals surface area (Å²) in [5.41, 5.74) is 1.60. The molecule has 3 aromatic rings. The van der Waals surface area contributed by atoms with E-state index in [4.69, 9.17) is 9.47 Å². The van der Waals surface area contributed by atoms with E-state index in [0.717, 1.165) is 32.7 Å². The summed E-state index contributed by atoms with van der Waals surface area (Å²) in [7, 11) is 2.84. The fraction of sp³-hybridized carbons (Fsp3) is 0.385. The maximum Gasteiger partial charge on any atom is 0.306 e. The smallest absolute Gasteiger partial charge is 0.306 e. The predicted molar refractivity (Wildman–Crippen MR) is 121 cm³/mol. The molecule has 0 aliphatic rings. The highest BCUT2D eigenvalue weighted by molar-refractivity contribution is 5.99. The number of hydrogen-bond donors (Lipinski definition) is 0. The van der Waals surface area contributed by atoms with E-state index >= 15 is 0 Å². The Labute approximate surface area is 178 Å². The number of carbonyl (C=O) groups is 2. The molecule has 3 aromatic carbocycles. The summed E-state index contributed by atoms with van der Waals surface area (Å²) in [6, 6.07) is 17.1. The average Bonchev–Trinajstić information content (AvgIpc) is 2.70. The SMILES string of the molecule is COC(=O)CC(C)(C)c1ccc2cc3cc(C(C)(C)CC(=O)OC)ccc3cc2c1. The van der Waals surface area contributed by atoms with Crippen molar-refractivity contribution in [2.75, 3.05) is 14.2 Å². The van der Waals surface area contributed by atoms with Crippen molar-refractivity contribution in [2.45, 2.75) is 51.4 Å². The molecule has 0 aliphatic carbocycles. The lowest BCUT2D eigenvalue weighted by atomic mass is 9.80. The molecule has 3 rings (SSSR count). The fourth-order valence-corrected chi connectivity index (χ4v) is 3.91. The fourth-order valence-electron chi connectivity index (χ4n) is 3.91. The summed E-state index contributed by atoms with van der Waals surface area (Å²) < 4.78 is 9.71. The van der Waals surface area contributed by atoms with Gasteiger partial charge in [0, 0.05) is 10.8 Å². The van der Waals surface area contributed by atoms with Crippen LogP contribution in [0.3, 0.4) is 0 Å². The molecule has 30 heavy (non-hydrogen) atoms. The van der Waals surface area contributed by atoms with Crippen LogP contribution in [0.5, 0.6) is 0 Å². The number of hydrogen-bond acceptors (Lipinski definition) is 4. The van der Waals surface area contributed by atoms with Gasteiger partial charge in [-0.3, -0.25) is 9.59 Å². The summed E-state index contributed by atoms with van der Waals surface area (Å²) in [5, 5.41) is 4.56. The molecule has 0 aromatic heterocycles. The molecule has 0 aliphatic heterocycles. The molecule has 0 fully saturated rings. The molecule has 0 N–H and O–H groups in total. The van der Waals surface area contributed by atoms with Crippen LogP contribution in [0.2, 0.25) is 0 Å². The summed E-state index contributed by atoms with van der Waals surface area (Å²) in [5.74, 6) is -0.415. The molecule has 0 saturated carbocycles. The highest BCUT2D eigenvalue weighted by Crippen LogP contribution is 2.34. The Morgan fingerprint density at radius 2 is 1.00 bits per heavy atom. The van der Waals surface area contributed by atoms with Gasteiger partial charge < -0.3 is 9.47 Å². The lowest BCUT2D eigenvalue weighted by Gasteiger charge is -2.25. The first-order valence-electron chi connectivity index (χ1n) is 10.2. The van der Waals surface area contributed by atoms with Crippen molar-refractivity contribution in [3.63, 3.8) is 0 Å². The topological polar surface area (TPSA) is 52.6 Å². The minimum absolute atomic E-state index is 0.208. The van der Waals surface area contributed by atoms with Gasteiger partial charge in [0.2, 0.25) is 0 Å². The molecule has 158 valence electrons. The number of ether oxygens (including phenoxy) is 2. The molecule has 4 heteroatoms. The van der Waals surface area contributed by atoms with Crippen molar-refractivity contribution < 1.29 is 19.1 Å². The van der Waals surface area contributed by atoms with E-state index in [1.807, 2.05) is 0 Å². The second-order valence-corrected chi connectivity index (χ2v) is 9.25. The third-order valence-corrected chi connectivity index (χ3v) is 5.99. The van der Waals surface area contributed by atoms with Gasteiger partial charge in [0.25, 0.3) is 0 Å². The molecule has 0 heterocycles. The average molecular weight is 407 g/mol. The van der Waals surface area contributed by atoms with E-state index in [1.165, 1.54) is 14.2 Å². The number of fused-ring (bicyclic) bond motifs is 2. The van der Waals surface area contributed by atoms with Gasteiger partial charge in [0.15, 0.2) is 0 Å². The first-order valence-corrected chi connectivity index (χ1v) is 10.2. The second kappa shape index (κ2) is 8.10. The van der Waals surface area contributed by atoms with Gasteiger partial charge >= 0.3 is 11.9 Å². The van der Waals surface area contributed by atoms with Gasteiger partial charge in [-0.2, -0.15) is 0 Å². The predicted octanol–water partition coefficient (Wildman–Crippen LogP) is 5.67. The molecular weight excluding hydrogens is 376 g/mol. The largest absolute Gasteiger partial charge is 0.469 e. The lowest BCUT2D eigenvalue weighted by Crippen LogP contribution is -2.22. The van der Waals surface area contributed by atoms with Gasteiger partial charge in [0.05, 0.1) is 27.1 Å². The van der Waals surface area contributed by atoms with Crippen molar-refractivity contribution in [1.82, 2.24) is 0 Å². The van der Waals surface area contributed by atoms with Gasteiger partial charge in [-0.1, -0.05) is 64.1 Å². The summed E-state index contributed by atoms with van der Waals surface area (Å²) in [6.45, 7) is 8.23. The van der Waals surface area contributed by atoms with Crippen LogP contribution < -0.4 is 0 Å². The minimum atomic E-state index is -0.308. The maximum absolute atomic E-state index is 11.8. The first kappa shape index (κ1) is 21.8. The Morgan fingerprint density at radius 1 is 0.633 bits per heavy atom. The van der Waals surface area contributed by atoms with E-state index in [-0.39, 0.29) is 22.8 Å². The zero-order chi connectivity index (χ0) is 22.1. The summed E-state index contributed by atoms with van der Waals surface area (Å²) in [6.07, 6.45) is 0.669. The molecular formula is C26H30O4. The van der Waals surface area contributed by atoms with Crippen molar-refractivity contribution in [3.05, 3.63) is 59.7 Å². The third kappa shape index (κ3) is 4.48. The van der Waals surface area contributed by atoms with Gasteiger partial charge in [0.1, 0.15) is 0 Å². The summed E-state index contributed by atoms with van der Waals surface area (Å²) >= 11 is 0. The van der Waals surface area contributed by atoms with Crippen LogP contribution in [0.15, 0.2) is 48.5 Å². The van der Waals surface area contributed by atoms with Crippen LogP contribution in [0, 0.1) is 0 Å². The second-order valence-electron chi connectivity index (χ2n) is 9.25. The van der Waals surface area contributed by atoms with Crippen LogP contribution in [0.25, 0.3) is 21.5 Å². The molecule has 0 atom stereocenters. The van der Waals surface area contributed by atoms with E-state index in [0.29, 0.717) is 12.8 Å². The highest BCUT2D eigenvalue weighted by Gasteiger charge is 2.26. The van der Waals surface area contributed by atoms with E-state index < -0.39 is 0 Å². The standard InChI is InChI=1S/C26H30O4/c1-25(2,15-23(27)29-5)21-9-7-17-12-20-14-22(26(3,4)16-24(28)30-6)10-8-18(20)11-19(17)13-21/h7-14H,15-16H2,1-6H3. The zero-order valence-electron chi connectivity index (χ0n) is 18.7. The Hall–Kier alpha value is -2.88. The Morgan fingerprint density at radius 3 is 1.33 bits per heavy atom. The number of esters is 2. The molecule has 0 saturated heterocycles. The van der Waals surface area contributed by atoms with Crippen molar-refractivity contribution in [1.29, 1.82) is 0 Å². The van der Waals surface area contributed by atoms with E-state index in [2.05, 4.69) is 76.2 Å². The number of rotatable bonds is 6. The molecule has 4 nitrogen and oxygen atoms in total. The van der Waals surface area contributed by atoms with Gasteiger partial charge in [-0.15, -0.1) is 0 Å². The highest BCUT2D eigenvalue weighted by atomic mass is 16.5. The van der Waals surface area contributed by atoms with Crippen molar-refractivity contribution in [3.8, 4) is 0 Å². The van der Waals surface area contributed by atoms with Crippen LogP contribution in [0.1, 0.15) is 51.7 Å². The van der Waals surface area contributed by atoms with Crippen molar-refractivity contribution in [2.24, 2.45) is 0 Å². The van der Waals surface area contributed by atoms with Crippen LogP contribution in [-0.2, 0) is 29.9 Å². The van der Waals surface area contributed by atoms with Crippen LogP contribution in [-0.4, -0.2) is 26.2 Å². The number of methoxy groups -OCH3 is 2. The van der Waals surface area contributed by atoms with Gasteiger partial charge in [-0.25, -0.2) is 0 Å². The van der Waals surface area contributed by atoms with Crippen molar-refractivity contribution >= 4 is 33.5 Å². The summed E-state index contributed by atoms with van der Waals surface area (Å²) in [4.78, 5) is 23.6. The Kier molecular flexibility index (Phi) is 5.89. The quantitative estimate of drug-likeness (QED) is 0.391. The molecule has 0 radical (unpaired) electrons. The zero-order valence-corrected chi connectivity index (χ0v) is 18.7. The Balaban J connectivity index is 2.01. The van der Waals surface area contributed by atoms with E-state index in [9.17, 15) is 9.59 Å². The number of carbonyl (C=O) groups excluding carboxylic acids is 2. The first-order chi connectivity index (χ1) is 14.1. The molecule has 0 unspecified atom stereocenters. The van der Waals surface area contributed by atoms with Crippen LogP contribution in [0.4, 0.5) is 0 Å². The minimum Gasteiger partial charge on any atom is -0.469 e. The van der Waals surface area contributed by atoms with Gasteiger partial charge in [-0.05, 0) is 44.8 Å². The normalized spacial score (nSPS) is 12.2. The lowest BCUT2D eigenvalue weighted by molar-refractivity contribution is -0.142.